The van der Waals surface area contributed by atoms with E-state index in [4.69, 9.17) is 4.74 Å². The SMILES string of the molecule is CC(C)(C)OC(=O)N1CC(c2nc(-c3ccccn3)n[nH]2)C1.Cl.c1ccc(-c2n[nH]c(C3CNC3)n2)nc1. The van der Waals surface area contributed by atoms with Crippen LogP contribution in [-0.2, 0) is 4.74 Å². The number of carbonyl (C=O) groups is 1. The average Bonchev–Trinajstić information content (AvgIpc) is 3.48. The van der Waals surface area contributed by atoms with Crippen LogP contribution in [0.5, 0.6) is 0 Å². The zero-order valence-electron chi connectivity index (χ0n) is 21.5. The van der Waals surface area contributed by atoms with Crippen molar-refractivity contribution in [2.75, 3.05) is 26.2 Å². The molecule has 6 rings (SSSR count). The molecule has 0 spiro atoms. The molecule has 0 radical (unpaired) electrons. The number of ether oxygens (including phenoxy) is 1. The highest BCUT2D eigenvalue weighted by Crippen LogP contribution is 2.27. The van der Waals surface area contributed by atoms with Crippen LogP contribution in [0.15, 0.2) is 48.8 Å². The number of halogens is 1. The number of aromatic nitrogens is 8. The molecule has 0 aliphatic carbocycles. The van der Waals surface area contributed by atoms with Crippen molar-refractivity contribution in [2.24, 2.45) is 0 Å². The molecule has 4 aromatic heterocycles. The lowest BCUT2D eigenvalue weighted by atomic mass is 10.0. The van der Waals surface area contributed by atoms with Gasteiger partial charge in [-0.2, -0.15) is 10.2 Å². The number of nitrogens with one attached hydrogen (secondary N) is 3. The van der Waals surface area contributed by atoms with Gasteiger partial charge in [-0.15, -0.1) is 12.4 Å². The van der Waals surface area contributed by atoms with Crippen LogP contribution < -0.4 is 5.32 Å². The van der Waals surface area contributed by atoms with Gasteiger partial charge in [-0.1, -0.05) is 12.1 Å². The highest BCUT2D eigenvalue weighted by atomic mass is 35.5. The van der Waals surface area contributed by atoms with Crippen molar-refractivity contribution in [3.05, 3.63) is 60.4 Å². The second-order valence-corrected chi connectivity index (χ2v) is 9.96. The number of hydrogen-bond donors (Lipinski definition) is 3. The van der Waals surface area contributed by atoms with E-state index in [1.54, 1.807) is 17.3 Å². The van der Waals surface area contributed by atoms with Crippen LogP contribution >= 0.6 is 12.4 Å². The fraction of sp³-hybridized carbons (Fsp3) is 0.400. The van der Waals surface area contributed by atoms with Gasteiger partial charge in [0.05, 0.1) is 5.92 Å². The van der Waals surface area contributed by atoms with E-state index in [2.05, 4.69) is 45.6 Å². The molecule has 200 valence electrons. The first-order chi connectivity index (χ1) is 17.9. The van der Waals surface area contributed by atoms with E-state index < -0.39 is 5.60 Å². The number of pyridine rings is 2. The van der Waals surface area contributed by atoms with Crippen molar-refractivity contribution >= 4 is 18.5 Å². The van der Waals surface area contributed by atoms with Crippen LogP contribution in [0.4, 0.5) is 4.79 Å². The molecule has 0 saturated carbocycles. The van der Waals surface area contributed by atoms with Gasteiger partial charge in [0.15, 0.2) is 11.6 Å². The third-order valence-electron chi connectivity index (χ3n) is 5.88. The minimum Gasteiger partial charge on any atom is -0.444 e. The van der Waals surface area contributed by atoms with E-state index in [0.29, 0.717) is 30.7 Å². The summed E-state index contributed by atoms with van der Waals surface area (Å²) in [6.07, 6.45) is 3.17. The van der Waals surface area contributed by atoms with Crippen molar-refractivity contribution in [3.8, 4) is 23.0 Å². The summed E-state index contributed by atoms with van der Waals surface area (Å²) in [5.74, 6) is 3.63. The lowest BCUT2D eigenvalue weighted by Crippen LogP contribution is -2.50. The number of nitrogens with zero attached hydrogens (tertiary/aromatic N) is 7. The summed E-state index contributed by atoms with van der Waals surface area (Å²) in [7, 11) is 0. The zero-order valence-corrected chi connectivity index (χ0v) is 22.3. The Morgan fingerprint density at radius 2 is 1.39 bits per heavy atom. The smallest absolute Gasteiger partial charge is 0.410 e. The predicted molar refractivity (Wildman–Crippen MR) is 143 cm³/mol. The normalized spacial score (nSPS) is 15.4. The van der Waals surface area contributed by atoms with Crippen molar-refractivity contribution in [2.45, 2.75) is 38.2 Å². The quantitative estimate of drug-likeness (QED) is 0.356. The Kier molecular flexibility index (Phi) is 8.32. The lowest BCUT2D eigenvalue weighted by Gasteiger charge is -2.38. The number of carbonyl (C=O) groups excluding carboxylic acids is 1. The number of hydrogen-bond acceptors (Lipinski definition) is 9. The fourth-order valence-electron chi connectivity index (χ4n) is 3.74. The molecule has 13 heteroatoms. The minimum absolute atomic E-state index is 0. The molecule has 6 heterocycles. The predicted octanol–water partition coefficient (Wildman–Crippen LogP) is 3.18. The number of likely N-dealkylation sites (tertiary alicyclic amines) is 1. The van der Waals surface area contributed by atoms with Gasteiger partial charge >= 0.3 is 6.09 Å². The largest absolute Gasteiger partial charge is 0.444 e. The summed E-state index contributed by atoms with van der Waals surface area (Å²) in [5, 5.41) is 17.5. The molecule has 4 aromatic rings. The van der Waals surface area contributed by atoms with Crippen LogP contribution in [0.3, 0.4) is 0 Å². The van der Waals surface area contributed by atoms with E-state index in [1.807, 2.05) is 57.2 Å². The second kappa shape index (κ2) is 11.7. The fourth-order valence-corrected chi connectivity index (χ4v) is 3.74. The molecule has 2 aliphatic rings. The molecule has 1 amide bonds. The second-order valence-electron chi connectivity index (χ2n) is 9.96. The zero-order chi connectivity index (χ0) is 25.8. The van der Waals surface area contributed by atoms with Crippen LogP contribution in [0.25, 0.3) is 23.0 Å². The number of rotatable bonds is 4. The maximum absolute atomic E-state index is 11.9. The molecule has 0 bridgehead atoms. The number of amides is 1. The number of aromatic amines is 2. The van der Waals surface area contributed by atoms with Crippen molar-refractivity contribution in [1.29, 1.82) is 0 Å². The van der Waals surface area contributed by atoms with Gasteiger partial charge in [-0.3, -0.25) is 20.2 Å². The van der Waals surface area contributed by atoms with Gasteiger partial charge in [0.25, 0.3) is 0 Å². The summed E-state index contributed by atoms with van der Waals surface area (Å²) >= 11 is 0. The summed E-state index contributed by atoms with van der Waals surface area (Å²) in [5.41, 5.74) is 1.07. The van der Waals surface area contributed by atoms with Crippen LogP contribution in [0.2, 0.25) is 0 Å². The maximum Gasteiger partial charge on any atom is 0.410 e. The molecule has 2 aliphatic heterocycles. The number of H-pyrrole nitrogens is 2. The van der Waals surface area contributed by atoms with Gasteiger partial charge in [0, 0.05) is 44.5 Å². The first-order valence-electron chi connectivity index (χ1n) is 12.2. The lowest BCUT2D eigenvalue weighted by molar-refractivity contribution is 0.00755. The first-order valence-corrected chi connectivity index (χ1v) is 12.2. The Bertz CT molecular complexity index is 1310. The van der Waals surface area contributed by atoms with Gasteiger partial charge in [0.1, 0.15) is 28.6 Å². The van der Waals surface area contributed by atoms with E-state index in [9.17, 15) is 4.79 Å². The Balaban J connectivity index is 0.000000184. The van der Waals surface area contributed by atoms with Gasteiger partial charge in [0.2, 0.25) is 0 Å². The molecule has 0 aromatic carbocycles. The molecule has 0 atom stereocenters. The molecular formula is C25H31ClN10O2. The topological polar surface area (TPSA) is 150 Å². The van der Waals surface area contributed by atoms with E-state index >= 15 is 0 Å². The van der Waals surface area contributed by atoms with Crippen molar-refractivity contribution < 1.29 is 9.53 Å². The molecule has 3 N–H and O–H groups in total. The molecule has 12 nitrogen and oxygen atoms in total. The summed E-state index contributed by atoms with van der Waals surface area (Å²) in [6, 6.07) is 11.3. The third-order valence-corrected chi connectivity index (χ3v) is 5.88. The summed E-state index contributed by atoms with van der Waals surface area (Å²) in [4.78, 5) is 30.9. The highest BCUT2D eigenvalue weighted by Gasteiger charge is 2.36. The van der Waals surface area contributed by atoms with Crippen molar-refractivity contribution in [1.82, 2.24) is 50.5 Å². The maximum atomic E-state index is 11.9. The average molecular weight is 539 g/mol. The summed E-state index contributed by atoms with van der Waals surface area (Å²) < 4.78 is 5.33. The Labute approximate surface area is 226 Å². The molecule has 2 saturated heterocycles. The minimum atomic E-state index is -0.472. The van der Waals surface area contributed by atoms with Crippen LogP contribution in [0, 0.1) is 0 Å². The van der Waals surface area contributed by atoms with Gasteiger partial charge in [-0.05, 0) is 45.0 Å². The molecule has 38 heavy (non-hydrogen) atoms. The third kappa shape index (κ3) is 6.50. The van der Waals surface area contributed by atoms with E-state index in [0.717, 1.165) is 36.1 Å². The Morgan fingerprint density at radius 1 is 0.868 bits per heavy atom. The van der Waals surface area contributed by atoms with Crippen molar-refractivity contribution in [3.63, 3.8) is 0 Å². The Hall–Kier alpha value is -3.90. The monoisotopic (exact) mass is 538 g/mol. The van der Waals surface area contributed by atoms with Gasteiger partial charge in [-0.25, -0.2) is 14.8 Å². The molecular weight excluding hydrogens is 508 g/mol. The molecule has 2 fully saturated rings. The van der Waals surface area contributed by atoms with E-state index in [-0.39, 0.29) is 24.4 Å². The first kappa shape index (κ1) is 27.1. The molecule has 0 unspecified atom stereocenters. The van der Waals surface area contributed by atoms with Crippen LogP contribution in [0.1, 0.15) is 44.3 Å². The van der Waals surface area contributed by atoms with Gasteiger partial charge < -0.3 is 15.0 Å². The van der Waals surface area contributed by atoms with E-state index in [1.165, 1.54) is 0 Å². The van der Waals surface area contributed by atoms with Crippen LogP contribution in [-0.4, -0.2) is 83.1 Å². The summed E-state index contributed by atoms with van der Waals surface area (Å²) in [6.45, 7) is 8.72. The standard InChI is InChI=1S/C15H19N5O2.C10H11N5.ClH/c1-15(2,3)22-14(21)20-8-10(9-20)12-17-13(19-18-12)11-6-4-5-7-16-11;1-2-4-12-8(3-1)10-13-9(14-15-10)7-5-11-6-7;/h4-7,10H,8-9H2,1-3H3,(H,17,18,19);1-4,7,11H,5-6H2,(H,13,14,15);1H. The highest BCUT2D eigenvalue weighted by molar-refractivity contribution is 5.85. The Morgan fingerprint density at radius 3 is 1.82 bits per heavy atom.